The lowest BCUT2D eigenvalue weighted by atomic mass is 9.89. The van der Waals surface area contributed by atoms with Crippen LogP contribution in [0.2, 0.25) is 0 Å². The first-order valence-corrected chi connectivity index (χ1v) is 18.3. The Balaban J connectivity index is 2.24. The molecule has 0 aliphatic carbocycles. The lowest BCUT2D eigenvalue weighted by molar-refractivity contribution is -0.148. The van der Waals surface area contributed by atoms with Gasteiger partial charge in [0.25, 0.3) is 0 Å². The zero-order chi connectivity index (χ0) is 38.4. The van der Waals surface area contributed by atoms with E-state index in [0.717, 1.165) is 12.0 Å². The predicted octanol–water partition coefficient (Wildman–Crippen LogP) is 1.69. The van der Waals surface area contributed by atoms with Crippen LogP contribution in [0.25, 0.3) is 0 Å². The van der Waals surface area contributed by atoms with Gasteiger partial charge in [0.15, 0.2) is 0 Å². The van der Waals surface area contributed by atoms with Crippen LogP contribution in [-0.2, 0) is 35.1 Å². The Morgan fingerprint density at radius 3 is 2.10 bits per heavy atom. The van der Waals surface area contributed by atoms with Crippen LogP contribution >= 0.6 is 0 Å². The summed E-state index contributed by atoms with van der Waals surface area (Å²) >= 11 is 0. The summed E-state index contributed by atoms with van der Waals surface area (Å²) in [5.74, 6) is -2.06. The van der Waals surface area contributed by atoms with Gasteiger partial charge in [0.2, 0.25) is 23.6 Å². The number of rotatable bonds is 21. The third-order valence-corrected chi connectivity index (χ3v) is 10.5. The van der Waals surface area contributed by atoms with Crippen molar-refractivity contribution in [3.8, 4) is 0 Å². The van der Waals surface area contributed by atoms with Gasteiger partial charge in [-0.3, -0.25) is 24.1 Å². The molecule has 1 saturated heterocycles. The van der Waals surface area contributed by atoms with Gasteiger partial charge >= 0.3 is 0 Å². The van der Waals surface area contributed by atoms with Gasteiger partial charge in [-0.15, -0.1) is 0 Å². The molecule has 4 amide bonds. The lowest BCUT2D eigenvalue weighted by Gasteiger charge is -2.41. The third kappa shape index (κ3) is 12.0. The van der Waals surface area contributed by atoms with Crippen molar-refractivity contribution in [2.75, 3.05) is 55.1 Å². The molecule has 0 aromatic heterocycles. The van der Waals surface area contributed by atoms with Crippen LogP contribution in [0.15, 0.2) is 30.3 Å². The van der Waals surface area contributed by atoms with Crippen LogP contribution in [-0.4, -0.2) is 146 Å². The fourth-order valence-electron chi connectivity index (χ4n) is 7.16. The number of methoxy groups -OCH3 is 2. The maximum Gasteiger partial charge on any atom is 0.245 e. The Morgan fingerprint density at radius 1 is 0.941 bits per heavy atom. The second-order valence-electron chi connectivity index (χ2n) is 14.6. The normalized spacial score (nSPS) is 19.5. The fraction of sp³-hybridized carbons (Fsp3) is 0.737. The Bertz CT molecular complexity index is 1230. The highest BCUT2D eigenvalue weighted by Crippen LogP contribution is 2.29. The van der Waals surface area contributed by atoms with E-state index in [0.29, 0.717) is 25.8 Å². The number of likely N-dealkylation sites (N-methyl/N-ethyl adjacent to an activating group) is 2. The number of ether oxygens (including phenoxy) is 2. The first kappa shape index (κ1) is 44.1. The van der Waals surface area contributed by atoms with Gasteiger partial charge < -0.3 is 40.1 Å². The second kappa shape index (κ2) is 21.4. The number of amides is 4. The Morgan fingerprint density at radius 2 is 1.59 bits per heavy atom. The van der Waals surface area contributed by atoms with Gasteiger partial charge in [0.05, 0.1) is 55.9 Å². The van der Waals surface area contributed by atoms with Crippen molar-refractivity contribution in [2.24, 2.45) is 17.8 Å². The quantitative estimate of drug-likeness (QED) is 0.148. The molecule has 1 aliphatic heterocycles. The summed E-state index contributed by atoms with van der Waals surface area (Å²) in [7, 11) is 8.14. The molecule has 0 spiro atoms. The van der Waals surface area contributed by atoms with E-state index >= 15 is 0 Å². The summed E-state index contributed by atoms with van der Waals surface area (Å²) in [5, 5.41) is 25.6. The highest BCUT2D eigenvalue weighted by molar-refractivity contribution is 5.90. The number of benzene rings is 1. The van der Waals surface area contributed by atoms with Gasteiger partial charge in [0, 0.05) is 27.8 Å². The minimum absolute atomic E-state index is 0.00617. The second-order valence-corrected chi connectivity index (χ2v) is 14.6. The van der Waals surface area contributed by atoms with Crippen LogP contribution in [0, 0.1) is 17.8 Å². The molecule has 0 saturated carbocycles. The Labute approximate surface area is 305 Å². The van der Waals surface area contributed by atoms with Crippen LogP contribution in [0.3, 0.4) is 0 Å². The van der Waals surface area contributed by atoms with E-state index in [2.05, 4.69) is 10.6 Å². The molecule has 1 aromatic carbocycles. The van der Waals surface area contributed by atoms with Crippen LogP contribution < -0.4 is 10.6 Å². The van der Waals surface area contributed by atoms with Gasteiger partial charge in [-0.05, 0) is 50.8 Å². The molecule has 0 bridgehead atoms. The molecule has 0 radical (unpaired) electrons. The average Bonchev–Trinajstić information content (AvgIpc) is 3.59. The number of carbonyl (C=O) groups is 4. The maximum absolute atomic E-state index is 14.1. The Kier molecular flexibility index (Phi) is 18.5. The fourth-order valence-corrected chi connectivity index (χ4v) is 7.16. The summed E-state index contributed by atoms with van der Waals surface area (Å²) in [6.07, 6.45) is 1.39. The van der Waals surface area contributed by atoms with Crippen molar-refractivity contribution in [3.63, 3.8) is 0 Å². The molecular weight excluding hydrogens is 654 g/mol. The molecule has 0 unspecified atom stereocenters. The summed E-state index contributed by atoms with van der Waals surface area (Å²) in [6, 6.07) is 6.69. The highest BCUT2D eigenvalue weighted by atomic mass is 16.5. The molecule has 1 heterocycles. The minimum atomic E-state index is -0.854. The lowest BCUT2D eigenvalue weighted by Crippen LogP contribution is -2.59. The summed E-state index contributed by atoms with van der Waals surface area (Å²) < 4.78 is 11.9. The number of carbonyl (C=O) groups excluding carboxylic acids is 4. The van der Waals surface area contributed by atoms with Gasteiger partial charge in [-0.1, -0.05) is 71.4 Å². The maximum atomic E-state index is 14.1. The topological polar surface area (TPSA) is 161 Å². The molecule has 51 heavy (non-hydrogen) atoms. The first-order valence-electron chi connectivity index (χ1n) is 18.3. The molecule has 9 atom stereocenters. The molecule has 1 fully saturated rings. The third-order valence-electron chi connectivity index (χ3n) is 10.5. The van der Waals surface area contributed by atoms with E-state index in [1.54, 1.807) is 49.9 Å². The van der Waals surface area contributed by atoms with Crippen molar-refractivity contribution >= 4 is 23.6 Å². The number of aliphatic hydroxyl groups excluding tert-OH is 2. The van der Waals surface area contributed by atoms with E-state index in [1.807, 2.05) is 58.0 Å². The van der Waals surface area contributed by atoms with E-state index in [1.165, 1.54) is 7.11 Å². The van der Waals surface area contributed by atoms with Gasteiger partial charge in [-0.2, -0.15) is 0 Å². The number of hydrogen-bond donors (Lipinski definition) is 4. The molecule has 1 aliphatic rings. The van der Waals surface area contributed by atoms with Crippen molar-refractivity contribution in [1.82, 2.24) is 25.3 Å². The monoisotopic (exact) mass is 719 g/mol. The molecule has 13 nitrogen and oxygen atoms in total. The number of nitrogens with one attached hydrogen (secondary N) is 2. The van der Waals surface area contributed by atoms with Crippen LogP contribution in [0.5, 0.6) is 0 Å². The van der Waals surface area contributed by atoms with Crippen molar-refractivity contribution in [1.29, 1.82) is 0 Å². The summed E-state index contributed by atoms with van der Waals surface area (Å²) in [6.45, 7) is 9.41. The zero-order valence-electron chi connectivity index (χ0n) is 32.5. The van der Waals surface area contributed by atoms with Gasteiger partial charge in [0.1, 0.15) is 12.1 Å². The van der Waals surface area contributed by atoms with Crippen molar-refractivity contribution < 1.29 is 38.9 Å². The average molecular weight is 720 g/mol. The van der Waals surface area contributed by atoms with E-state index in [4.69, 9.17) is 9.47 Å². The van der Waals surface area contributed by atoms with E-state index < -0.39 is 48.2 Å². The van der Waals surface area contributed by atoms with Crippen molar-refractivity contribution in [3.05, 3.63) is 35.9 Å². The number of aliphatic hydroxyl groups is 2. The number of hydrogen-bond acceptors (Lipinski definition) is 9. The van der Waals surface area contributed by atoms with Gasteiger partial charge in [-0.25, -0.2) is 0 Å². The smallest absolute Gasteiger partial charge is 0.245 e. The minimum Gasteiger partial charge on any atom is -0.394 e. The number of nitrogens with zero attached hydrogens (tertiary/aromatic N) is 3. The molecule has 13 heteroatoms. The summed E-state index contributed by atoms with van der Waals surface area (Å²) in [4.78, 5) is 59.6. The SMILES string of the molecule is CC[C@H](C)[C@@H]([C@@H](CC(=O)N1CCC[C@H]1[C@H](OC)[C@@H](C)C(=O)N[C@H](CO)Cc1ccccc1)OC)N(C)C(=O)[C@@H](NC(=O)[C@@H](CO)N(C)C)C(C)C. The summed E-state index contributed by atoms with van der Waals surface area (Å²) in [5.41, 5.74) is 1.00. The highest BCUT2D eigenvalue weighted by Gasteiger charge is 2.43. The van der Waals surface area contributed by atoms with Crippen LogP contribution in [0.4, 0.5) is 0 Å². The number of likely N-dealkylation sites (tertiary alicyclic amines) is 1. The van der Waals surface area contributed by atoms with E-state index in [9.17, 15) is 29.4 Å². The zero-order valence-corrected chi connectivity index (χ0v) is 32.5. The van der Waals surface area contributed by atoms with Crippen LogP contribution in [0.1, 0.15) is 65.9 Å². The first-order chi connectivity index (χ1) is 24.2. The standard InChI is InChI=1S/C38H65N5O8/c1-11-25(4)34(42(8)38(49)33(24(2)3)40-37(48)30(23-45)41(6)7)31(50-9)21-32(46)43-19-15-18-29(43)35(51-10)26(5)36(47)39-28(22-44)20-27-16-13-12-14-17-27/h12-14,16-17,24-26,28-31,33-35,44-45H,11,15,18-23H2,1-10H3,(H,39,47)(H,40,48)/t25-,26+,28-,29-,30+,31+,33-,34-,35+/m0/s1. The molecule has 1 aromatic rings. The Hall–Kier alpha value is -3.10. The molecule has 4 N–H and O–H groups in total. The molecule has 2 rings (SSSR count). The van der Waals surface area contributed by atoms with E-state index in [-0.39, 0.29) is 55.2 Å². The predicted molar refractivity (Wildman–Crippen MR) is 197 cm³/mol. The van der Waals surface area contributed by atoms with Crippen molar-refractivity contribution in [2.45, 2.75) is 109 Å². The molecular formula is C38H65N5O8. The largest absolute Gasteiger partial charge is 0.394 e. The molecule has 290 valence electrons.